The van der Waals surface area contributed by atoms with Crippen molar-refractivity contribution in [2.45, 2.75) is 39.5 Å². The van der Waals surface area contributed by atoms with Crippen LogP contribution >= 0.6 is 0 Å². The predicted molar refractivity (Wildman–Crippen MR) is 86.3 cm³/mol. The van der Waals surface area contributed by atoms with Crippen molar-refractivity contribution in [3.63, 3.8) is 0 Å². The second kappa shape index (κ2) is 10.0. The van der Waals surface area contributed by atoms with Crippen LogP contribution in [0.25, 0.3) is 6.08 Å². The second-order valence-electron chi connectivity index (χ2n) is 5.10. The van der Waals surface area contributed by atoms with Crippen molar-refractivity contribution >= 4 is 12.0 Å². The van der Waals surface area contributed by atoms with Gasteiger partial charge in [0.1, 0.15) is 5.75 Å². The average molecular weight is 290 g/mol. The number of carbonyl (C=O) groups excluding carboxylic acids is 1. The molecule has 0 bridgehead atoms. The zero-order valence-electron chi connectivity index (χ0n) is 13.3. The maximum absolute atomic E-state index is 11.6. The molecule has 1 aromatic carbocycles. The Morgan fingerprint density at radius 3 is 2.43 bits per heavy atom. The highest BCUT2D eigenvalue weighted by atomic mass is 16.5. The second-order valence-corrected chi connectivity index (χ2v) is 5.10. The molecule has 0 aliphatic rings. The van der Waals surface area contributed by atoms with E-state index in [1.165, 1.54) is 18.9 Å². The Morgan fingerprint density at radius 1 is 1.19 bits per heavy atom. The zero-order valence-corrected chi connectivity index (χ0v) is 13.3. The molecule has 0 fully saturated rings. The van der Waals surface area contributed by atoms with Gasteiger partial charge in [0.2, 0.25) is 0 Å². The molecule has 1 aromatic rings. The van der Waals surface area contributed by atoms with Gasteiger partial charge in [-0.15, -0.1) is 0 Å². The number of ether oxygens (including phenoxy) is 2. The molecular formula is C18H26O3. The fraction of sp³-hybridized carbons (Fsp3) is 0.500. The van der Waals surface area contributed by atoms with Gasteiger partial charge in [0.25, 0.3) is 0 Å². The largest absolute Gasteiger partial charge is 0.497 e. The number of hydrogen-bond donors (Lipinski definition) is 0. The maximum Gasteiger partial charge on any atom is 0.330 e. The summed E-state index contributed by atoms with van der Waals surface area (Å²) in [5, 5.41) is 0. The van der Waals surface area contributed by atoms with Gasteiger partial charge >= 0.3 is 5.97 Å². The molecule has 0 aliphatic carbocycles. The lowest BCUT2D eigenvalue weighted by Gasteiger charge is -2.11. The predicted octanol–water partition coefficient (Wildman–Crippen LogP) is 4.47. The number of benzene rings is 1. The van der Waals surface area contributed by atoms with Crippen LogP contribution in [0, 0.1) is 5.92 Å². The molecule has 0 spiro atoms. The first-order valence-electron chi connectivity index (χ1n) is 7.68. The molecule has 116 valence electrons. The number of rotatable bonds is 9. The fourth-order valence-corrected chi connectivity index (χ4v) is 2.17. The highest BCUT2D eigenvalue weighted by molar-refractivity contribution is 5.87. The number of hydrogen-bond acceptors (Lipinski definition) is 3. The average Bonchev–Trinajstić information content (AvgIpc) is 2.53. The molecule has 3 heteroatoms. The molecule has 0 saturated carbocycles. The minimum absolute atomic E-state index is 0.282. The Morgan fingerprint density at radius 2 is 1.86 bits per heavy atom. The lowest BCUT2D eigenvalue weighted by molar-refractivity contribution is -0.137. The van der Waals surface area contributed by atoms with Crippen LogP contribution in [0.3, 0.4) is 0 Å². The van der Waals surface area contributed by atoms with Gasteiger partial charge in [-0.25, -0.2) is 4.79 Å². The lowest BCUT2D eigenvalue weighted by Crippen LogP contribution is -2.05. The summed E-state index contributed by atoms with van der Waals surface area (Å²) in [4.78, 5) is 11.6. The van der Waals surface area contributed by atoms with Crippen molar-refractivity contribution in [3.8, 4) is 5.75 Å². The van der Waals surface area contributed by atoms with Crippen LogP contribution in [-0.2, 0) is 9.53 Å². The van der Waals surface area contributed by atoms with E-state index in [1.54, 1.807) is 13.2 Å². The van der Waals surface area contributed by atoms with E-state index in [9.17, 15) is 4.79 Å². The summed E-state index contributed by atoms with van der Waals surface area (Å²) < 4.78 is 10.3. The SMILES string of the molecule is CCC(CC)CCCOC(=O)/C=C/c1ccc(OC)cc1. The Bertz CT molecular complexity index is 430. The topological polar surface area (TPSA) is 35.5 Å². The molecule has 0 saturated heterocycles. The lowest BCUT2D eigenvalue weighted by atomic mass is 9.98. The van der Waals surface area contributed by atoms with Gasteiger partial charge in [-0.05, 0) is 42.5 Å². The Kier molecular flexibility index (Phi) is 8.25. The molecule has 0 amide bonds. The normalized spacial score (nSPS) is 11.0. The summed E-state index contributed by atoms with van der Waals surface area (Å²) in [7, 11) is 1.63. The molecule has 21 heavy (non-hydrogen) atoms. The van der Waals surface area contributed by atoms with E-state index in [0.29, 0.717) is 6.61 Å². The summed E-state index contributed by atoms with van der Waals surface area (Å²) in [6, 6.07) is 7.52. The standard InChI is InChI=1S/C18H26O3/c1-4-15(5-2)7-6-14-21-18(19)13-10-16-8-11-17(20-3)12-9-16/h8-13,15H,4-7,14H2,1-3H3/b13-10+. The number of esters is 1. The smallest absolute Gasteiger partial charge is 0.330 e. The van der Waals surface area contributed by atoms with Crippen molar-refractivity contribution in [1.82, 2.24) is 0 Å². The van der Waals surface area contributed by atoms with E-state index in [4.69, 9.17) is 9.47 Å². The van der Waals surface area contributed by atoms with Crippen molar-refractivity contribution in [2.75, 3.05) is 13.7 Å². The third kappa shape index (κ3) is 6.98. The van der Waals surface area contributed by atoms with Gasteiger partial charge in [-0.3, -0.25) is 0 Å². The van der Waals surface area contributed by atoms with Crippen molar-refractivity contribution in [2.24, 2.45) is 5.92 Å². The fourth-order valence-electron chi connectivity index (χ4n) is 2.17. The van der Waals surface area contributed by atoms with Crippen LogP contribution in [0.5, 0.6) is 5.75 Å². The third-order valence-electron chi connectivity index (χ3n) is 3.68. The van der Waals surface area contributed by atoms with E-state index >= 15 is 0 Å². The molecule has 0 heterocycles. The van der Waals surface area contributed by atoms with Gasteiger partial charge in [0.15, 0.2) is 0 Å². The molecule has 0 radical (unpaired) electrons. The molecule has 1 rings (SSSR count). The number of methoxy groups -OCH3 is 1. The van der Waals surface area contributed by atoms with Crippen LogP contribution in [0.15, 0.2) is 30.3 Å². The summed E-state index contributed by atoms with van der Waals surface area (Å²) in [5.41, 5.74) is 0.949. The minimum Gasteiger partial charge on any atom is -0.497 e. The third-order valence-corrected chi connectivity index (χ3v) is 3.68. The Balaban J connectivity index is 2.27. The molecule has 0 atom stereocenters. The van der Waals surface area contributed by atoms with Crippen molar-refractivity contribution < 1.29 is 14.3 Å². The van der Waals surface area contributed by atoms with E-state index in [1.807, 2.05) is 24.3 Å². The van der Waals surface area contributed by atoms with Crippen molar-refractivity contribution in [3.05, 3.63) is 35.9 Å². The molecule has 0 aliphatic heterocycles. The highest BCUT2D eigenvalue weighted by Crippen LogP contribution is 2.15. The zero-order chi connectivity index (χ0) is 15.5. The summed E-state index contributed by atoms with van der Waals surface area (Å²) in [5.74, 6) is 1.27. The van der Waals surface area contributed by atoms with Gasteiger partial charge in [0, 0.05) is 6.08 Å². The van der Waals surface area contributed by atoms with Gasteiger partial charge in [-0.2, -0.15) is 0 Å². The molecule has 0 unspecified atom stereocenters. The first-order valence-corrected chi connectivity index (χ1v) is 7.68. The maximum atomic E-state index is 11.6. The van der Waals surface area contributed by atoms with Crippen LogP contribution in [0.2, 0.25) is 0 Å². The first-order chi connectivity index (χ1) is 10.2. The van der Waals surface area contributed by atoms with E-state index < -0.39 is 0 Å². The summed E-state index contributed by atoms with van der Waals surface area (Å²) in [6.07, 6.45) is 7.68. The summed E-state index contributed by atoms with van der Waals surface area (Å²) in [6.45, 7) is 4.91. The molecule has 0 aromatic heterocycles. The minimum atomic E-state index is -0.282. The van der Waals surface area contributed by atoms with Crippen molar-refractivity contribution in [1.29, 1.82) is 0 Å². The van der Waals surface area contributed by atoms with Gasteiger partial charge < -0.3 is 9.47 Å². The van der Waals surface area contributed by atoms with E-state index in [2.05, 4.69) is 13.8 Å². The first kappa shape index (κ1) is 17.3. The molecule has 3 nitrogen and oxygen atoms in total. The van der Waals surface area contributed by atoms with E-state index in [0.717, 1.165) is 30.1 Å². The summed E-state index contributed by atoms with van der Waals surface area (Å²) >= 11 is 0. The van der Waals surface area contributed by atoms with Crippen LogP contribution < -0.4 is 4.74 Å². The van der Waals surface area contributed by atoms with E-state index in [-0.39, 0.29) is 5.97 Å². The monoisotopic (exact) mass is 290 g/mol. The Labute approximate surface area is 128 Å². The van der Waals surface area contributed by atoms with Gasteiger partial charge in [0.05, 0.1) is 13.7 Å². The quantitative estimate of drug-likeness (QED) is 0.382. The number of carbonyl (C=O) groups is 1. The van der Waals surface area contributed by atoms with Crippen LogP contribution in [-0.4, -0.2) is 19.7 Å². The Hall–Kier alpha value is -1.77. The van der Waals surface area contributed by atoms with Crippen LogP contribution in [0.1, 0.15) is 45.1 Å². The van der Waals surface area contributed by atoms with Crippen LogP contribution in [0.4, 0.5) is 0 Å². The molecule has 0 N–H and O–H groups in total. The van der Waals surface area contributed by atoms with Gasteiger partial charge in [-0.1, -0.05) is 38.8 Å². The molecular weight excluding hydrogens is 264 g/mol. The highest BCUT2D eigenvalue weighted by Gasteiger charge is 2.03.